The van der Waals surface area contributed by atoms with E-state index in [9.17, 15) is 13.2 Å². The molecule has 120 valence electrons. The number of ether oxygens (including phenoxy) is 3. The van der Waals surface area contributed by atoms with Gasteiger partial charge >= 0.3 is 6.18 Å². The predicted molar refractivity (Wildman–Crippen MR) is 72.5 cm³/mol. The molecule has 0 spiro atoms. The highest BCUT2D eigenvalue weighted by Gasteiger charge is 2.27. The Hall–Kier alpha value is -1.47. The van der Waals surface area contributed by atoms with E-state index in [1.165, 1.54) is 7.11 Å². The Kier molecular flexibility index (Phi) is 7.31. The minimum absolute atomic E-state index is 0.357. The number of hydrogen-bond acceptors (Lipinski definition) is 4. The first kappa shape index (κ1) is 17.6. The van der Waals surface area contributed by atoms with Crippen molar-refractivity contribution in [3.8, 4) is 11.5 Å². The summed E-state index contributed by atoms with van der Waals surface area (Å²) in [5.74, 6) is 0.806. The fraction of sp³-hybridized carbons (Fsp3) is 0.571. The zero-order valence-corrected chi connectivity index (χ0v) is 12.1. The molecule has 0 radical (unpaired) electrons. The molecule has 0 aliphatic heterocycles. The molecular weight excluding hydrogens is 287 g/mol. The van der Waals surface area contributed by atoms with Crippen molar-refractivity contribution >= 4 is 0 Å². The lowest BCUT2D eigenvalue weighted by Gasteiger charge is -2.13. The van der Waals surface area contributed by atoms with Crippen LogP contribution >= 0.6 is 0 Å². The van der Waals surface area contributed by atoms with Crippen molar-refractivity contribution in [2.24, 2.45) is 0 Å². The zero-order valence-electron chi connectivity index (χ0n) is 12.1. The number of halogens is 3. The van der Waals surface area contributed by atoms with Crippen LogP contribution < -0.4 is 14.8 Å². The van der Waals surface area contributed by atoms with E-state index < -0.39 is 19.6 Å². The SMILES string of the molecule is CCCNCc1ccc(OC)c(OCOCC(F)(F)F)c1. The number of hydrogen-bond donors (Lipinski definition) is 1. The average Bonchev–Trinajstić information content (AvgIpc) is 2.43. The predicted octanol–water partition coefficient (Wildman–Crippen LogP) is 3.11. The van der Waals surface area contributed by atoms with Crippen molar-refractivity contribution in [2.75, 3.05) is 27.1 Å². The Labute approximate surface area is 122 Å². The van der Waals surface area contributed by atoms with Crippen LogP contribution in [0.2, 0.25) is 0 Å². The first-order valence-electron chi connectivity index (χ1n) is 6.61. The van der Waals surface area contributed by atoms with Crippen LogP contribution in [-0.4, -0.2) is 33.2 Å². The number of alkyl halides is 3. The van der Waals surface area contributed by atoms with E-state index in [0.29, 0.717) is 18.0 Å². The first-order chi connectivity index (χ1) is 9.96. The Morgan fingerprint density at radius 1 is 1.19 bits per heavy atom. The molecule has 21 heavy (non-hydrogen) atoms. The molecule has 0 saturated heterocycles. The Morgan fingerprint density at radius 2 is 1.95 bits per heavy atom. The Bertz CT molecular complexity index is 424. The van der Waals surface area contributed by atoms with Gasteiger partial charge in [-0.3, -0.25) is 0 Å². The minimum atomic E-state index is -4.36. The summed E-state index contributed by atoms with van der Waals surface area (Å²) >= 11 is 0. The first-order valence-corrected chi connectivity index (χ1v) is 6.61. The van der Waals surface area contributed by atoms with Gasteiger partial charge in [0.2, 0.25) is 0 Å². The van der Waals surface area contributed by atoms with Crippen LogP contribution in [0.3, 0.4) is 0 Å². The van der Waals surface area contributed by atoms with E-state index in [2.05, 4.69) is 17.0 Å². The van der Waals surface area contributed by atoms with Gasteiger partial charge in [-0.05, 0) is 30.7 Å². The van der Waals surface area contributed by atoms with Gasteiger partial charge < -0.3 is 19.5 Å². The van der Waals surface area contributed by atoms with Gasteiger partial charge in [0.1, 0.15) is 6.61 Å². The molecule has 0 saturated carbocycles. The summed E-state index contributed by atoms with van der Waals surface area (Å²) in [7, 11) is 1.47. The van der Waals surface area contributed by atoms with Crippen LogP contribution in [-0.2, 0) is 11.3 Å². The van der Waals surface area contributed by atoms with Crippen LogP contribution in [0.1, 0.15) is 18.9 Å². The molecule has 0 heterocycles. The van der Waals surface area contributed by atoms with Crippen molar-refractivity contribution in [2.45, 2.75) is 26.1 Å². The van der Waals surface area contributed by atoms with E-state index in [-0.39, 0.29) is 0 Å². The third-order valence-electron chi connectivity index (χ3n) is 2.55. The molecule has 1 aromatic carbocycles. The number of benzene rings is 1. The molecule has 0 amide bonds. The Balaban J connectivity index is 2.55. The molecule has 1 rings (SSSR count). The number of nitrogens with one attached hydrogen (secondary N) is 1. The summed E-state index contributed by atoms with van der Waals surface area (Å²) in [6.45, 7) is 1.77. The largest absolute Gasteiger partial charge is 0.493 e. The monoisotopic (exact) mass is 307 g/mol. The molecule has 4 nitrogen and oxygen atoms in total. The normalized spacial score (nSPS) is 11.5. The van der Waals surface area contributed by atoms with E-state index in [1.54, 1.807) is 12.1 Å². The van der Waals surface area contributed by atoms with Gasteiger partial charge in [-0.2, -0.15) is 13.2 Å². The van der Waals surface area contributed by atoms with Crippen LogP contribution in [0.25, 0.3) is 0 Å². The summed E-state index contributed by atoms with van der Waals surface area (Å²) in [6.07, 6.45) is -3.34. The van der Waals surface area contributed by atoms with Gasteiger partial charge in [-0.1, -0.05) is 13.0 Å². The molecule has 0 aromatic heterocycles. The highest BCUT2D eigenvalue weighted by molar-refractivity contribution is 5.42. The van der Waals surface area contributed by atoms with Gasteiger partial charge in [0.25, 0.3) is 0 Å². The third kappa shape index (κ3) is 7.19. The molecule has 0 fully saturated rings. The summed E-state index contributed by atoms with van der Waals surface area (Å²) in [5, 5.41) is 3.23. The van der Waals surface area contributed by atoms with Crippen molar-refractivity contribution in [3.05, 3.63) is 23.8 Å². The van der Waals surface area contributed by atoms with Gasteiger partial charge in [0, 0.05) is 6.54 Å². The second-order valence-electron chi connectivity index (χ2n) is 4.39. The molecule has 1 aromatic rings. The van der Waals surface area contributed by atoms with Crippen molar-refractivity contribution in [1.82, 2.24) is 5.32 Å². The average molecular weight is 307 g/mol. The maximum Gasteiger partial charge on any atom is 0.411 e. The fourth-order valence-electron chi connectivity index (χ4n) is 1.62. The van der Waals surface area contributed by atoms with Crippen LogP contribution in [0, 0.1) is 0 Å². The van der Waals surface area contributed by atoms with Crippen LogP contribution in [0.15, 0.2) is 18.2 Å². The quantitative estimate of drug-likeness (QED) is 0.562. The number of methoxy groups -OCH3 is 1. The van der Waals surface area contributed by atoms with E-state index >= 15 is 0 Å². The molecule has 0 atom stereocenters. The summed E-state index contributed by atoms with van der Waals surface area (Å²) in [4.78, 5) is 0. The maximum atomic E-state index is 12.0. The van der Waals surface area contributed by atoms with Crippen molar-refractivity contribution < 1.29 is 27.4 Å². The lowest BCUT2D eigenvalue weighted by atomic mass is 10.2. The molecule has 0 bridgehead atoms. The van der Waals surface area contributed by atoms with Gasteiger partial charge in [-0.15, -0.1) is 0 Å². The van der Waals surface area contributed by atoms with Crippen LogP contribution in [0.5, 0.6) is 11.5 Å². The third-order valence-corrected chi connectivity index (χ3v) is 2.55. The summed E-state index contributed by atoms with van der Waals surface area (Å²) < 4.78 is 50.6. The van der Waals surface area contributed by atoms with Gasteiger partial charge in [-0.25, -0.2) is 0 Å². The lowest BCUT2D eigenvalue weighted by molar-refractivity contribution is -0.186. The minimum Gasteiger partial charge on any atom is -0.493 e. The molecule has 0 unspecified atom stereocenters. The van der Waals surface area contributed by atoms with E-state index in [0.717, 1.165) is 18.5 Å². The van der Waals surface area contributed by atoms with Gasteiger partial charge in [0.15, 0.2) is 18.3 Å². The highest BCUT2D eigenvalue weighted by atomic mass is 19.4. The Morgan fingerprint density at radius 3 is 2.57 bits per heavy atom. The van der Waals surface area contributed by atoms with Crippen molar-refractivity contribution in [1.29, 1.82) is 0 Å². The summed E-state index contributed by atoms with van der Waals surface area (Å²) in [5.41, 5.74) is 0.954. The maximum absolute atomic E-state index is 12.0. The molecule has 7 heteroatoms. The molecule has 0 aliphatic rings. The fourth-order valence-corrected chi connectivity index (χ4v) is 1.62. The molecule has 1 N–H and O–H groups in total. The van der Waals surface area contributed by atoms with Crippen molar-refractivity contribution in [3.63, 3.8) is 0 Å². The highest BCUT2D eigenvalue weighted by Crippen LogP contribution is 2.28. The molecule has 0 aliphatic carbocycles. The van der Waals surface area contributed by atoms with Crippen LogP contribution in [0.4, 0.5) is 13.2 Å². The number of rotatable bonds is 9. The second-order valence-corrected chi connectivity index (χ2v) is 4.39. The van der Waals surface area contributed by atoms with Gasteiger partial charge in [0.05, 0.1) is 7.11 Å². The smallest absolute Gasteiger partial charge is 0.411 e. The molecular formula is C14H20F3NO3. The topological polar surface area (TPSA) is 39.7 Å². The summed E-state index contributed by atoms with van der Waals surface area (Å²) in [6, 6.07) is 5.30. The second kappa shape index (κ2) is 8.74. The van der Waals surface area contributed by atoms with E-state index in [1.807, 2.05) is 6.07 Å². The lowest BCUT2D eigenvalue weighted by Crippen LogP contribution is -2.19. The standard InChI is InChI=1S/C14H20F3NO3/c1-3-6-18-8-11-4-5-12(19-2)13(7-11)21-10-20-9-14(15,16)17/h4-5,7,18H,3,6,8-10H2,1-2H3. The zero-order chi connectivity index (χ0) is 15.7. The van der Waals surface area contributed by atoms with E-state index in [4.69, 9.17) is 9.47 Å².